The minimum absolute atomic E-state index is 0.107. The molecule has 228 valence electrons. The van der Waals surface area contributed by atoms with E-state index in [2.05, 4.69) is 18.1 Å². The van der Waals surface area contributed by atoms with Gasteiger partial charge in [-0.25, -0.2) is 9.29 Å². The number of hydrogen-bond donors (Lipinski definition) is 0. The highest BCUT2D eigenvalue weighted by molar-refractivity contribution is 5.92. The average Bonchev–Trinajstić information content (AvgIpc) is 3.41. The van der Waals surface area contributed by atoms with Crippen LogP contribution in [0.2, 0.25) is 0 Å². The summed E-state index contributed by atoms with van der Waals surface area (Å²) in [6.07, 6.45) is 26.9. The SMILES string of the molecule is CCCCCCCCCCCCCCOc1ccc(CN(C(C)=O)c2cccc(CC3=N[C+]=C4C=CC=CN43)c2)cc1F. The fourth-order valence-electron chi connectivity index (χ4n) is 5.53. The number of hydrogen-bond acceptors (Lipinski definition) is 4. The van der Waals surface area contributed by atoms with Gasteiger partial charge in [0.05, 0.1) is 25.6 Å². The van der Waals surface area contributed by atoms with Gasteiger partial charge in [0.25, 0.3) is 0 Å². The van der Waals surface area contributed by atoms with E-state index in [9.17, 15) is 9.18 Å². The van der Waals surface area contributed by atoms with Crippen molar-refractivity contribution in [2.45, 2.75) is 104 Å². The number of allylic oxidation sites excluding steroid dienone is 3. The summed E-state index contributed by atoms with van der Waals surface area (Å²) in [5.41, 5.74) is 3.43. The van der Waals surface area contributed by atoms with Crippen LogP contribution >= 0.6 is 0 Å². The molecule has 4 rings (SSSR count). The predicted molar refractivity (Wildman–Crippen MR) is 174 cm³/mol. The summed E-state index contributed by atoms with van der Waals surface area (Å²) >= 11 is 0. The Morgan fingerprint density at radius 2 is 1.63 bits per heavy atom. The molecule has 2 aliphatic rings. The Kier molecular flexibility index (Phi) is 13.0. The van der Waals surface area contributed by atoms with E-state index in [-0.39, 0.29) is 18.2 Å². The summed E-state index contributed by atoms with van der Waals surface area (Å²) in [6.45, 7) is 4.58. The summed E-state index contributed by atoms with van der Waals surface area (Å²) in [4.78, 5) is 20.8. The fourth-order valence-corrected chi connectivity index (χ4v) is 5.53. The van der Waals surface area contributed by atoms with E-state index >= 15 is 0 Å². The monoisotopic (exact) mass is 584 g/mol. The first kappa shape index (κ1) is 32.2. The van der Waals surface area contributed by atoms with Crippen molar-refractivity contribution in [2.24, 2.45) is 4.99 Å². The lowest BCUT2D eigenvalue weighted by atomic mass is 10.1. The molecule has 0 aliphatic carbocycles. The van der Waals surface area contributed by atoms with Gasteiger partial charge in [0.1, 0.15) is 0 Å². The molecule has 2 aliphatic heterocycles. The third kappa shape index (κ3) is 10.2. The minimum Gasteiger partial charge on any atom is -0.491 e. The van der Waals surface area contributed by atoms with Gasteiger partial charge in [0, 0.05) is 18.8 Å². The number of halogens is 1. The van der Waals surface area contributed by atoms with Crippen LogP contribution in [0.3, 0.4) is 0 Å². The fraction of sp³-hybridized carbons (Fsp3) is 0.459. The lowest BCUT2D eigenvalue weighted by Gasteiger charge is -2.22. The summed E-state index contributed by atoms with van der Waals surface area (Å²) in [7, 11) is 0. The van der Waals surface area contributed by atoms with Crippen LogP contribution in [0.1, 0.15) is 102 Å². The minimum atomic E-state index is -0.392. The van der Waals surface area contributed by atoms with Gasteiger partial charge in [0.15, 0.2) is 17.8 Å². The quantitative estimate of drug-likeness (QED) is 0.122. The molecule has 0 saturated carbocycles. The molecular weight excluding hydrogens is 537 g/mol. The van der Waals surface area contributed by atoms with Gasteiger partial charge in [-0.3, -0.25) is 4.79 Å². The molecular formula is C37H47FN3O2+. The van der Waals surface area contributed by atoms with Crippen LogP contribution < -0.4 is 9.64 Å². The molecule has 0 bridgehead atoms. The molecule has 0 fully saturated rings. The summed E-state index contributed by atoms with van der Waals surface area (Å²) < 4.78 is 20.7. The Balaban J connectivity index is 1.20. The molecule has 0 saturated heterocycles. The van der Waals surface area contributed by atoms with E-state index in [0.717, 1.165) is 35.6 Å². The van der Waals surface area contributed by atoms with Crippen molar-refractivity contribution < 1.29 is 13.9 Å². The van der Waals surface area contributed by atoms with Crippen molar-refractivity contribution in [1.82, 2.24) is 4.90 Å². The van der Waals surface area contributed by atoms with Gasteiger partial charge < -0.3 is 9.64 Å². The zero-order valence-corrected chi connectivity index (χ0v) is 26.0. The highest BCUT2D eigenvalue weighted by Crippen LogP contribution is 2.25. The van der Waals surface area contributed by atoms with E-state index in [1.54, 1.807) is 11.0 Å². The molecule has 1 amide bonds. The highest BCUT2D eigenvalue weighted by atomic mass is 19.1. The Hall–Kier alpha value is -3.76. The average molecular weight is 585 g/mol. The Morgan fingerprint density at radius 3 is 2.33 bits per heavy atom. The number of anilines is 1. The summed E-state index contributed by atoms with van der Waals surface area (Å²) in [6, 6.07) is 12.9. The van der Waals surface area contributed by atoms with Gasteiger partial charge in [-0.15, -0.1) is 0 Å². The maximum Gasteiger partial charge on any atom is 0.247 e. The maximum atomic E-state index is 14.9. The van der Waals surface area contributed by atoms with E-state index in [1.807, 2.05) is 59.7 Å². The number of nitrogens with zero attached hydrogens (tertiary/aromatic N) is 3. The Morgan fingerprint density at radius 1 is 0.907 bits per heavy atom. The number of carbonyl (C=O) groups excluding carboxylic acids is 1. The highest BCUT2D eigenvalue weighted by Gasteiger charge is 2.28. The van der Waals surface area contributed by atoms with Crippen LogP contribution in [0.15, 0.2) is 77.6 Å². The van der Waals surface area contributed by atoms with E-state index in [4.69, 9.17) is 4.74 Å². The van der Waals surface area contributed by atoms with E-state index < -0.39 is 5.82 Å². The van der Waals surface area contributed by atoms with Gasteiger partial charge in [0.2, 0.25) is 17.4 Å². The molecule has 0 unspecified atom stereocenters. The number of carbonyl (C=O) groups is 1. The molecule has 2 aromatic rings. The number of amidine groups is 1. The molecule has 2 heterocycles. The van der Waals surface area contributed by atoms with E-state index in [1.165, 1.54) is 77.2 Å². The number of rotatable bonds is 19. The van der Waals surface area contributed by atoms with Gasteiger partial charge in [-0.1, -0.05) is 101 Å². The number of unbranched alkanes of at least 4 members (excludes halogenated alkanes) is 11. The number of ether oxygens (including phenoxy) is 1. The second-order valence-corrected chi connectivity index (χ2v) is 11.5. The van der Waals surface area contributed by atoms with Crippen LogP contribution in [0.25, 0.3) is 0 Å². The van der Waals surface area contributed by atoms with Crippen molar-refractivity contribution in [3.63, 3.8) is 0 Å². The summed E-state index contributed by atoms with van der Waals surface area (Å²) in [5, 5.41) is 0. The Bertz CT molecular complexity index is 1310. The molecule has 0 atom stereocenters. The summed E-state index contributed by atoms with van der Waals surface area (Å²) in [5.74, 6) is 0.649. The molecule has 6 heteroatoms. The van der Waals surface area contributed by atoms with Crippen molar-refractivity contribution in [2.75, 3.05) is 11.5 Å². The van der Waals surface area contributed by atoms with Gasteiger partial charge >= 0.3 is 0 Å². The van der Waals surface area contributed by atoms with Crippen molar-refractivity contribution >= 4 is 17.4 Å². The molecule has 5 nitrogen and oxygen atoms in total. The van der Waals surface area contributed by atoms with Crippen molar-refractivity contribution in [3.8, 4) is 5.75 Å². The third-order valence-corrected chi connectivity index (χ3v) is 7.99. The first-order valence-corrected chi connectivity index (χ1v) is 16.2. The number of benzene rings is 2. The lowest BCUT2D eigenvalue weighted by molar-refractivity contribution is -0.116. The normalized spacial score (nSPS) is 13.4. The first-order valence-electron chi connectivity index (χ1n) is 16.2. The smallest absolute Gasteiger partial charge is 0.247 e. The van der Waals surface area contributed by atoms with Crippen molar-refractivity contribution in [3.05, 3.63) is 95.7 Å². The topological polar surface area (TPSA) is 45.1 Å². The second-order valence-electron chi connectivity index (χ2n) is 11.5. The third-order valence-electron chi connectivity index (χ3n) is 7.99. The van der Waals surface area contributed by atoms with E-state index in [0.29, 0.717) is 18.6 Å². The second kappa shape index (κ2) is 17.4. The molecule has 0 radical (unpaired) electrons. The largest absolute Gasteiger partial charge is 0.491 e. The Labute approximate surface area is 257 Å². The molecule has 0 aromatic heterocycles. The zero-order valence-electron chi connectivity index (χ0n) is 26.0. The lowest BCUT2D eigenvalue weighted by Crippen LogP contribution is -2.28. The molecule has 0 N–H and O–H groups in total. The number of fused-ring (bicyclic) bond motifs is 1. The maximum absolute atomic E-state index is 14.9. The predicted octanol–water partition coefficient (Wildman–Crippen LogP) is 9.44. The van der Waals surface area contributed by atoms with Crippen LogP contribution in [0.5, 0.6) is 5.75 Å². The standard InChI is InChI=1S/C37H47FN3O2/c1-3-4-5-6-7-8-9-10-11-12-13-16-24-43-36-22-21-32(26-35(36)38)29-41(30(2)42)33-20-17-18-31(25-33)27-37-39-28-34-19-14-15-23-40(34)37/h14-15,17-23,25-26H,3-13,16,24,27,29H2,1-2H3/q+1. The van der Waals surface area contributed by atoms with Gasteiger partial charge in [-0.05, 0) is 54.0 Å². The van der Waals surface area contributed by atoms with Crippen LogP contribution in [0, 0.1) is 12.0 Å². The molecule has 2 aromatic carbocycles. The first-order chi connectivity index (χ1) is 21.0. The molecule has 0 spiro atoms. The van der Waals surface area contributed by atoms with Gasteiger partial charge in [-0.2, -0.15) is 0 Å². The molecule has 43 heavy (non-hydrogen) atoms. The number of aliphatic imine (C=N–C) groups is 1. The van der Waals surface area contributed by atoms with Crippen molar-refractivity contribution in [1.29, 1.82) is 0 Å². The van der Waals surface area contributed by atoms with Crippen LogP contribution in [-0.4, -0.2) is 23.2 Å². The zero-order chi connectivity index (χ0) is 30.3. The number of amides is 1. The van der Waals surface area contributed by atoms with Crippen LogP contribution in [0.4, 0.5) is 10.1 Å². The van der Waals surface area contributed by atoms with Crippen LogP contribution in [-0.2, 0) is 17.8 Å².